The zero-order valence-electron chi connectivity index (χ0n) is 12.2. The quantitative estimate of drug-likeness (QED) is 0.542. The van der Waals surface area contributed by atoms with Gasteiger partial charge in [-0.05, 0) is 37.3 Å². The molecule has 116 valence electrons. The zero-order valence-corrected chi connectivity index (χ0v) is 14.7. The summed E-state index contributed by atoms with van der Waals surface area (Å²) in [6, 6.07) is 11.7. The Morgan fingerprint density at radius 2 is 2.26 bits per heavy atom. The Morgan fingerprint density at radius 1 is 1.35 bits per heavy atom. The molecule has 0 spiro atoms. The minimum atomic E-state index is -0.190. The lowest BCUT2D eigenvalue weighted by atomic mass is 10.3. The van der Waals surface area contributed by atoms with E-state index >= 15 is 0 Å². The number of aromatic nitrogens is 1. The number of nitrogens with zero attached hydrogens (tertiary/aromatic N) is 2. The Labute approximate surface area is 146 Å². The molecule has 0 aromatic carbocycles. The summed E-state index contributed by atoms with van der Waals surface area (Å²) >= 11 is 4.76. The van der Waals surface area contributed by atoms with Crippen LogP contribution in [0.4, 0.5) is 0 Å². The van der Waals surface area contributed by atoms with Gasteiger partial charge in [0.2, 0.25) is 0 Å². The average molecular weight is 360 g/mol. The number of carbonyl (C=O) groups excluding carboxylic acids is 1. The molecule has 3 aromatic rings. The number of aryl methyl sites for hydroxylation is 1. The third kappa shape index (κ3) is 4.51. The van der Waals surface area contributed by atoms with E-state index in [0.29, 0.717) is 5.56 Å². The SMILES string of the molecule is Cc1cc(C(=O)N/N=C/c2ccc(Sc3ccccn3)s2)cs1. The van der Waals surface area contributed by atoms with Gasteiger partial charge in [0.1, 0.15) is 5.03 Å². The van der Waals surface area contributed by atoms with Crippen LogP contribution in [0.2, 0.25) is 0 Å². The van der Waals surface area contributed by atoms with Crippen LogP contribution >= 0.6 is 34.4 Å². The normalized spacial score (nSPS) is 11.0. The summed E-state index contributed by atoms with van der Waals surface area (Å²) < 4.78 is 1.13. The molecule has 0 aliphatic rings. The van der Waals surface area contributed by atoms with Gasteiger partial charge in [-0.15, -0.1) is 22.7 Å². The van der Waals surface area contributed by atoms with Gasteiger partial charge in [0, 0.05) is 21.3 Å². The molecular weight excluding hydrogens is 346 g/mol. The van der Waals surface area contributed by atoms with Gasteiger partial charge in [-0.1, -0.05) is 17.8 Å². The van der Waals surface area contributed by atoms with E-state index in [2.05, 4.69) is 15.5 Å². The molecular formula is C16H13N3OS3. The van der Waals surface area contributed by atoms with Gasteiger partial charge < -0.3 is 0 Å². The number of amides is 1. The summed E-state index contributed by atoms with van der Waals surface area (Å²) in [5.41, 5.74) is 3.19. The van der Waals surface area contributed by atoms with E-state index in [4.69, 9.17) is 0 Å². The number of hydrazone groups is 1. The van der Waals surface area contributed by atoms with Crippen molar-refractivity contribution in [3.63, 3.8) is 0 Å². The van der Waals surface area contributed by atoms with E-state index in [1.807, 2.05) is 48.7 Å². The maximum Gasteiger partial charge on any atom is 0.272 e. The topological polar surface area (TPSA) is 54.4 Å². The van der Waals surface area contributed by atoms with Crippen LogP contribution in [0.15, 0.2) is 62.3 Å². The Bertz CT molecular complexity index is 824. The highest BCUT2D eigenvalue weighted by molar-refractivity contribution is 8.01. The average Bonchev–Trinajstić information content (AvgIpc) is 3.17. The summed E-state index contributed by atoms with van der Waals surface area (Å²) in [5, 5.41) is 6.80. The molecule has 1 N–H and O–H groups in total. The largest absolute Gasteiger partial charge is 0.272 e. The molecule has 0 aliphatic heterocycles. The predicted molar refractivity (Wildman–Crippen MR) is 96.8 cm³/mol. The van der Waals surface area contributed by atoms with Crippen LogP contribution in [0.5, 0.6) is 0 Å². The van der Waals surface area contributed by atoms with Crippen molar-refractivity contribution < 1.29 is 4.79 Å². The summed E-state index contributed by atoms with van der Waals surface area (Å²) in [6.45, 7) is 1.97. The number of pyridine rings is 1. The van der Waals surface area contributed by atoms with Crippen molar-refractivity contribution in [1.82, 2.24) is 10.4 Å². The molecule has 0 bridgehead atoms. The van der Waals surface area contributed by atoms with E-state index in [0.717, 1.165) is 19.0 Å². The number of hydrogen-bond acceptors (Lipinski definition) is 6. The number of hydrogen-bond donors (Lipinski definition) is 1. The Morgan fingerprint density at radius 3 is 3.00 bits per heavy atom. The Kier molecular flexibility index (Phi) is 5.22. The standard InChI is InChI=1S/C16H13N3OS3/c1-11-8-12(10-21-11)16(20)19-18-9-13-5-6-15(22-13)23-14-4-2-3-7-17-14/h2-10H,1H3,(H,19,20)/b18-9+. The van der Waals surface area contributed by atoms with Crippen molar-refractivity contribution in [2.45, 2.75) is 16.2 Å². The molecule has 0 atom stereocenters. The molecule has 0 saturated carbocycles. The summed E-state index contributed by atoms with van der Waals surface area (Å²) in [5.74, 6) is -0.190. The van der Waals surface area contributed by atoms with Gasteiger partial charge >= 0.3 is 0 Å². The predicted octanol–water partition coefficient (Wildman–Crippen LogP) is 4.43. The smallest absolute Gasteiger partial charge is 0.267 e. The first-order chi connectivity index (χ1) is 11.2. The van der Waals surface area contributed by atoms with Crippen molar-refractivity contribution in [2.24, 2.45) is 5.10 Å². The minimum absolute atomic E-state index is 0.190. The van der Waals surface area contributed by atoms with Gasteiger partial charge in [-0.2, -0.15) is 5.10 Å². The van der Waals surface area contributed by atoms with E-state index in [-0.39, 0.29) is 5.91 Å². The van der Waals surface area contributed by atoms with Gasteiger partial charge in [0.05, 0.1) is 16.0 Å². The molecule has 3 aromatic heterocycles. The van der Waals surface area contributed by atoms with Crippen LogP contribution in [0, 0.1) is 6.92 Å². The Balaban J connectivity index is 1.57. The fourth-order valence-corrected chi connectivity index (χ4v) is 4.36. The fourth-order valence-electron chi connectivity index (χ4n) is 1.75. The maximum atomic E-state index is 11.9. The van der Waals surface area contributed by atoms with Crippen LogP contribution in [-0.2, 0) is 0 Å². The summed E-state index contributed by atoms with van der Waals surface area (Å²) in [6.07, 6.45) is 3.43. The lowest BCUT2D eigenvalue weighted by Crippen LogP contribution is -2.16. The molecule has 23 heavy (non-hydrogen) atoms. The third-order valence-corrected chi connectivity index (χ3v) is 5.76. The molecule has 0 aliphatic carbocycles. The monoisotopic (exact) mass is 359 g/mol. The van der Waals surface area contributed by atoms with Crippen molar-refractivity contribution in [2.75, 3.05) is 0 Å². The van der Waals surface area contributed by atoms with Crippen LogP contribution in [-0.4, -0.2) is 17.1 Å². The van der Waals surface area contributed by atoms with Crippen molar-refractivity contribution in [3.8, 4) is 0 Å². The molecule has 0 saturated heterocycles. The Hall–Kier alpha value is -1.96. The molecule has 4 nitrogen and oxygen atoms in total. The number of rotatable bonds is 5. The van der Waals surface area contributed by atoms with Gasteiger partial charge in [0.25, 0.3) is 5.91 Å². The number of nitrogens with one attached hydrogen (secondary N) is 1. The first-order valence-electron chi connectivity index (χ1n) is 6.78. The second-order valence-electron chi connectivity index (χ2n) is 4.57. The number of carbonyl (C=O) groups is 1. The highest BCUT2D eigenvalue weighted by atomic mass is 32.2. The molecule has 1 amide bonds. The molecule has 0 radical (unpaired) electrons. The molecule has 3 heterocycles. The minimum Gasteiger partial charge on any atom is -0.267 e. The number of thiophene rings is 2. The summed E-state index contributed by atoms with van der Waals surface area (Å²) in [4.78, 5) is 18.2. The van der Waals surface area contributed by atoms with Gasteiger partial charge in [-0.3, -0.25) is 4.79 Å². The highest BCUT2D eigenvalue weighted by Crippen LogP contribution is 2.31. The second kappa shape index (κ2) is 7.54. The van der Waals surface area contributed by atoms with Gasteiger partial charge in [0.15, 0.2) is 0 Å². The molecule has 7 heteroatoms. The zero-order chi connectivity index (χ0) is 16.1. The molecule has 3 rings (SSSR count). The van der Waals surface area contributed by atoms with Crippen LogP contribution in [0.25, 0.3) is 0 Å². The van der Waals surface area contributed by atoms with Crippen LogP contribution < -0.4 is 5.43 Å². The van der Waals surface area contributed by atoms with E-state index < -0.39 is 0 Å². The van der Waals surface area contributed by atoms with Crippen LogP contribution in [0.1, 0.15) is 20.1 Å². The van der Waals surface area contributed by atoms with E-state index in [1.165, 1.54) is 0 Å². The molecule has 0 fully saturated rings. The maximum absolute atomic E-state index is 11.9. The van der Waals surface area contributed by atoms with E-state index in [9.17, 15) is 4.79 Å². The highest BCUT2D eigenvalue weighted by Gasteiger charge is 2.06. The molecule has 0 unspecified atom stereocenters. The summed E-state index contributed by atoms with van der Waals surface area (Å²) in [7, 11) is 0. The first kappa shape index (κ1) is 15.9. The van der Waals surface area contributed by atoms with E-state index in [1.54, 1.807) is 46.8 Å². The van der Waals surface area contributed by atoms with Crippen molar-refractivity contribution >= 4 is 46.6 Å². The lowest BCUT2D eigenvalue weighted by molar-refractivity contribution is 0.0955. The van der Waals surface area contributed by atoms with Crippen molar-refractivity contribution in [3.05, 3.63) is 63.3 Å². The van der Waals surface area contributed by atoms with Crippen LogP contribution in [0.3, 0.4) is 0 Å². The second-order valence-corrected chi connectivity index (χ2v) is 8.12. The third-order valence-electron chi connectivity index (χ3n) is 2.80. The van der Waals surface area contributed by atoms with Crippen molar-refractivity contribution in [1.29, 1.82) is 0 Å². The van der Waals surface area contributed by atoms with Gasteiger partial charge in [-0.25, -0.2) is 10.4 Å². The lowest BCUT2D eigenvalue weighted by Gasteiger charge is -1.95. The fraction of sp³-hybridized carbons (Fsp3) is 0.0625. The first-order valence-corrected chi connectivity index (χ1v) is 9.29.